The van der Waals surface area contributed by atoms with Crippen molar-refractivity contribution in [3.63, 3.8) is 0 Å². The van der Waals surface area contributed by atoms with E-state index in [-0.39, 0.29) is 11.5 Å². The average molecular weight is 276 g/mol. The SMILES string of the molecule is CCC(C(=O)OCC(C)C)n1c(C)ccc(C#N)c1=O. The topological polar surface area (TPSA) is 72.1 Å². The van der Waals surface area contributed by atoms with Crippen LogP contribution in [0.15, 0.2) is 16.9 Å². The van der Waals surface area contributed by atoms with Gasteiger partial charge in [-0.15, -0.1) is 0 Å². The highest BCUT2D eigenvalue weighted by atomic mass is 16.5. The van der Waals surface area contributed by atoms with Crippen molar-refractivity contribution in [3.8, 4) is 6.07 Å². The Balaban J connectivity index is 3.16. The molecule has 5 heteroatoms. The second-order valence-electron chi connectivity index (χ2n) is 5.12. The van der Waals surface area contributed by atoms with E-state index in [1.54, 1.807) is 13.0 Å². The standard InChI is InChI=1S/C15H20N2O3/c1-5-13(15(19)20-9-10(2)3)17-11(4)6-7-12(8-16)14(17)18/h6-7,10,13H,5,9H2,1-4H3. The maximum Gasteiger partial charge on any atom is 0.329 e. The maximum atomic E-state index is 12.2. The maximum absolute atomic E-state index is 12.2. The van der Waals surface area contributed by atoms with Crippen molar-refractivity contribution < 1.29 is 9.53 Å². The minimum atomic E-state index is -0.686. The van der Waals surface area contributed by atoms with Crippen LogP contribution in [0.1, 0.15) is 44.5 Å². The van der Waals surface area contributed by atoms with E-state index < -0.39 is 17.6 Å². The third-order valence-corrected chi connectivity index (χ3v) is 2.97. The number of carbonyl (C=O) groups is 1. The van der Waals surface area contributed by atoms with E-state index in [4.69, 9.17) is 10.00 Å². The van der Waals surface area contributed by atoms with Gasteiger partial charge in [0.1, 0.15) is 17.7 Å². The molecule has 1 heterocycles. The Morgan fingerprint density at radius 3 is 2.60 bits per heavy atom. The molecule has 20 heavy (non-hydrogen) atoms. The largest absolute Gasteiger partial charge is 0.464 e. The van der Waals surface area contributed by atoms with Crippen molar-refractivity contribution in [1.82, 2.24) is 4.57 Å². The number of nitrogens with zero attached hydrogens (tertiary/aromatic N) is 2. The van der Waals surface area contributed by atoms with Gasteiger partial charge in [-0.1, -0.05) is 20.8 Å². The summed E-state index contributed by atoms with van der Waals surface area (Å²) in [5.74, 6) is -0.193. The molecule has 0 fully saturated rings. The molecule has 0 radical (unpaired) electrons. The van der Waals surface area contributed by atoms with Crippen molar-refractivity contribution in [1.29, 1.82) is 5.26 Å². The smallest absolute Gasteiger partial charge is 0.329 e. The van der Waals surface area contributed by atoms with Crippen molar-refractivity contribution in [2.24, 2.45) is 5.92 Å². The van der Waals surface area contributed by atoms with Gasteiger partial charge in [0.25, 0.3) is 5.56 Å². The molecular weight excluding hydrogens is 256 g/mol. The van der Waals surface area contributed by atoms with E-state index in [1.165, 1.54) is 10.6 Å². The van der Waals surface area contributed by atoms with Gasteiger partial charge in [0.2, 0.25) is 0 Å². The van der Waals surface area contributed by atoms with Gasteiger partial charge in [-0.05, 0) is 31.4 Å². The van der Waals surface area contributed by atoms with Crippen molar-refractivity contribution >= 4 is 5.97 Å². The first kappa shape index (κ1) is 16.0. The van der Waals surface area contributed by atoms with Crippen LogP contribution in [0.25, 0.3) is 0 Å². The molecule has 0 aliphatic rings. The molecule has 0 N–H and O–H groups in total. The Hall–Kier alpha value is -2.09. The third kappa shape index (κ3) is 3.47. The molecule has 0 aliphatic heterocycles. The van der Waals surface area contributed by atoms with E-state index in [0.29, 0.717) is 18.7 Å². The number of aromatic nitrogens is 1. The fourth-order valence-electron chi connectivity index (χ4n) is 1.92. The molecule has 1 aromatic rings. The Bertz CT molecular complexity index is 582. The first-order valence-electron chi connectivity index (χ1n) is 6.71. The molecule has 0 spiro atoms. The molecule has 0 saturated carbocycles. The van der Waals surface area contributed by atoms with Gasteiger partial charge in [-0.2, -0.15) is 5.26 Å². The summed E-state index contributed by atoms with van der Waals surface area (Å²) in [4.78, 5) is 24.3. The average Bonchev–Trinajstić information content (AvgIpc) is 2.41. The van der Waals surface area contributed by atoms with Crippen molar-refractivity contribution in [2.75, 3.05) is 6.61 Å². The number of hydrogen-bond acceptors (Lipinski definition) is 4. The lowest BCUT2D eigenvalue weighted by atomic mass is 10.1. The van der Waals surface area contributed by atoms with E-state index in [1.807, 2.05) is 26.8 Å². The second kappa shape index (κ2) is 6.90. The molecule has 0 aromatic carbocycles. The number of ether oxygens (including phenoxy) is 1. The monoisotopic (exact) mass is 276 g/mol. The molecule has 1 rings (SSSR count). The zero-order valence-electron chi connectivity index (χ0n) is 12.3. The van der Waals surface area contributed by atoms with Crippen LogP contribution in [0, 0.1) is 24.2 Å². The summed E-state index contributed by atoms with van der Waals surface area (Å²) >= 11 is 0. The van der Waals surface area contributed by atoms with Crippen LogP contribution in [0.5, 0.6) is 0 Å². The highest BCUT2D eigenvalue weighted by Crippen LogP contribution is 2.15. The number of hydrogen-bond donors (Lipinski definition) is 0. The number of carbonyl (C=O) groups excluding carboxylic acids is 1. The van der Waals surface area contributed by atoms with Crippen LogP contribution in [-0.4, -0.2) is 17.1 Å². The molecule has 0 amide bonds. The van der Waals surface area contributed by atoms with Crippen LogP contribution in [0.2, 0.25) is 0 Å². The summed E-state index contributed by atoms with van der Waals surface area (Å²) < 4.78 is 6.56. The van der Waals surface area contributed by atoms with E-state index >= 15 is 0 Å². The Morgan fingerprint density at radius 2 is 2.10 bits per heavy atom. The second-order valence-corrected chi connectivity index (χ2v) is 5.12. The summed E-state index contributed by atoms with van der Waals surface area (Å²) in [5, 5.41) is 8.92. The molecule has 0 aliphatic carbocycles. The summed E-state index contributed by atoms with van der Waals surface area (Å²) in [6.07, 6.45) is 0.437. The highest BCUT2D eigenvalue weighted by molar-refractivity contribution is 5.74. The van der Waals surface area contributed by atoms with Gasteiger partial charge in [0.15, 0.2) is 0 Å². The molecule has 1 aromatic heterocycles. The molecule has 5 nitrogen and oxygen atoms in total. The van der Waals surface area contributed by atoms with Crippen molar-refractivity contribution in [3.05, 3.63) is 33.7 Å². The molecular formula is C15H20N2O3. The Labute approximate surface area is 118 Å². The Morgan fingerprint density at radius 1 is 1.45 bits per heavy atom. The normalized spacial score (nSPS) is 12.0. The van der Waals surface area contributed by atoms with Gasteiger partial charge < -0.3 is 4.74 Å². The summed E-state index contributed by atoms with van der Waals surface area (Å²) in [5.41, 5.74) is 0.230. The molecule has 1 atom stereocenters. The Kier molecular flexibility index (Phi) is 5.51. The fourth-order valence-corrected chi connectivity index (χ4v) is 1.92. The lowest BCUT2D eigenvalue weighted by Crippen LogP contribution is -2.33. The van der Waals surface area contributed by atoms with Crippen molar-refractivity contribution in [2.45, 2.75) is 40.2 Å². The molecule has 108 valence electrons. The lowest BCUT2D eigenvalue weighted by molar-refractivity contribution is -0.149. The quantitative estimate of drug-likeness (QED) is 0.773. The van der Waals surface area contributed by atoms with E-state index in [9.17, 15) is 9.59 Å². The van der Waals surface area contributed by atoms with Crippen LogP contribution >= 0.6 is 0 Å². The minimum absolute atomic E-state index is 0.0331. The summed E-state index contributed by atoms with van der Waals surface area (Å²) in [6, 6.07) is 4.30. The number of esters is 1. The lowest BCUT2D eigenvalue weighted by Gasteiger charge is -2.20. The van der Waals surface area contributed by atoms with Crippen LogP contribution in [0.4, 0.5) is 0 Å². The fraction of sp³-hybridized carbons (Fsp3) is 0.533. The van der Waals surface area contributed by atoms with E-state index in [0.717, 1.165) is 0 Å². The minimum Gasteiger partial charge on any atom is -0.464 e. The van der Waals surface area contributed by atoms with Gasteiger partial charge in [-0.3, -0.25) is 9.36 Å². The zero-order valence-corrected chi connectivity index (χ0v) is 12.3. The first-order chi connectivity index (χ1) is 9.42. The van der Waals surface area contributed by atoms with Crippen LogP contribution in [-0.2, 0) is 9.53 Å². The molecule has 1 unspecified atom stereocenters. The van der Waals surface area contributed by atoms with Gasteiger partial charge in [-0.25, -0.2) is 4.79 Å². The first-order valence-corrected chi connectivity index (χ1v) is 6.71. The van der Waals surface area contributed by atoms with Gasteiger partial charge in [0, 0.05) is 5.69 Å². The zero-order chi connectivity index (χ0) is 15.3. The number of aryl methyl sites for hydroxylation is 1. The predicted molar refractivity (Wildman–Crippen MR) is 75.3 cm³/mol. The molecule has 0 saturated heterocycles. The summed E-state index contributed by atoms with van der Waals surface area (Å²) in [6.45, 7) is 7.76. The van der Waals surface area contributed by atoms with Gasteiger partial charge >= 0.3 is 5.97 Å². The number of rotatable bonds is 5. The highest BCUT2D eigenvalue weighted by Gasteiger charge is 2.23. The third-order valence-electron chi connectivity index (χ3n) is 2.97. The number of nitriles is 1. The summed E-state index contributed by atoms with van der Waals surface area (Å²) in [7, 11) is 0. The molecule has 0 bridgehead atoms. The van der Waals surface area contributed by atoms with Gasteiger partial charge in [0.05, 0.1) is 6.61 Å². The van der Waals surface area contributed by atoms with E-state index in [2.05, 4.69) is 0 Å². The predicted octanol–water partition coefficient (Wildman–Crippen LogP) is 2.18. The number of pyridine rings is 1. The van der Waals surface area contributed by atoms with Crippen LogP contribution < -0.4 is 5.56 Å². The van der Waals surface area contributed by atoms with Crippen LogP contribution in [0.3, 0.4) is 0 Å².